The molecule has 0 amide bonds. The van der Waals surface area contributed by atoms with Gasteiger partial charge in [-0.3, -0.25) is 4.79 Å². The third-order valence-corrected chi connectivity index (χ3v) is 8.15. The predicted octanol–water partition coefficient (Wildman–Crippen LogP) is 10.7. The van der Waals surface area contributed by atoms with E-state index in [1.54, 1.807) is 12.1 Å². The molecule has 3 unspecified atom stereocenters. The van der Waals surface area contributed by atoms with Crippen LogP contribution in [0.1, 0.15) is 162 Å². The van der Waals surface area contributed by atoms with Gasteiger partial charge in [-0.15, -0.1) is 0 Å². The Labute approximate surface area is 227 Å². The maximum Gasteiger partial charge on any atom is 0.186 e. The van der Waals surface area contributed by atoms with E-state index in [9.17, 15) is 9.90 Å². The number of ketones is 1. The van der Waals surface area contributed by atoms with Crippen LogP contribution in [-0.2, 0) is 6.42 Å². The van der Waals surface area contributed by atoms with Crippen LogP contribution in [0.3, 0.4) is 0 Å². The van der Waals surface area contributed by atoms with Crippen LogP contribution in [0.2, 0.25) is 0 Å². The van der Waals surface area contributed by atoms with Crippen molar-refractivity contribution in [1.82, 2.24) is 0 Å². The molecule has 0 aliphatic carbocycles. The molecule has 0 aliphatic heterocycles. The fourth-order valence-corrected chi connectivity index (χ4v) is 6.05. The highest BCUT2D eigenvalue weighted by Crippen LogP contribution is 2.42. The summed E-state index contributed by atoms with van der Waals surface area (Å²) in [6, 6.07) is 10.4. The van der Waals surface area contributed by atoms with Gasteiger partial charge in [0.25, 0.3) is 0 Å². The summed E-state index contributed by atoms with van der Waals surface area (Å²) in [7, 11) is 0. The van der Waals surface area contributed by atoms with Crippen LogP contribution in [0.5, 0.6) is 5.75 Å². The summed E-state index contributed by atoms with van der Waals surface area (Å²) in [4.78, 5) is 13.9. The summed E-state index contributed by atoms with van der Waals surface area (Å²) >= 11 is 0. The van der Waals surface area contributed by atoms with Crippen LogP contribution in [0.25, 0.3) is 6.08 Å². The molecule has 1 N–H and O–H groups in total. The number of carbonyl (C=O) groups excluding carboxylic acids is 1. The number of phenols is 1. The highest BCUT2D eigenvalue weighted by Gasteiger charge is 2.26. The van der Waals surface area contributed by atoms with Gasteiger partial charge in [-0.25, -0.2) is 0 Å². The van der Waals surface area contributed by atoms with E-state index in [1.807, 2.05) is 6.07 Å². The maximum atomic E-state index is 13.9. The fraction of sp³-hybridized carbons (Fsp3) is 0.571. The van der Waals surface area contributed by atoms with Gasteiger partial charge < -0.3 is 5.11 Å². The highest BCUT2D eigenvalue weighted by atomic mass is 16.3. The summed E-state index contributed by atoms with van der Waals surface area (Å²) < 4.78 is 0. The second kappa shape index (κ2) is 15.8. The third-order valence-electron chi connectivity index (χ3n) is 8.15. The highest BCUT2D eigenvalue weighted by molar-refractivity contribution is 6.08. The van der Waals surface area contributed by atoms with Gasteiger partial charge in [-0.2, -0.15) is 0 Å². The van der Waals surface area contributed by atoms with Crippen molar-refractivity contribution >= 4 is 11.9 Å². The molecule has 37 heavy (non-hydrogen) atoms. The first-order valence-corrected chi connectivity index (χ1v) is 15.1. The van der Waals surface area contributed by atoms with E-state index in [0.717, 1.165) is 80.9 Å². The second-order valence-electron chi connectivity index (χ2n) is 10.7. The summed E-state index contributed by atoms with van der Waals surface area (Å²) in [6.45, 7) is 15.5. The van der Waals surface area contributed by atoms with Crippen LogP contribution in [0.4, 0.5) is 0 Å². The van der Waals surface area contributed by atoms with E-state index in [-0.39, 0.29) is 17.6 Å². The summed E-state index contributed by atoms with van der Waals surface area (Å²) in [5.74, 6) is 1.46. The van der Waals surface area contributed by atoms with Gasteiger partial charge in [0.15, 0.2) is 5.78 Å². The minimum Gasteiger partial charge on any atom is -0.508 e. The Kier molecular flexibility index (Phi) is 13.2. The first-order valence-electron chi connectivity index (χ1n) is 15.1. The number of benzene rings is 2. The number of allylic oxidation sites excluding steroid dienone is 1. The number of aromatic hydroxyl groups is 1. The topological polar surface area (TPSA) is 37.3 Å². The van der Waals surface area contributed by atoms with Crippen molar-refractivity contribution in [2.24, 2.45) is 0 Å². The van der Waals surface area contributed by atoms with E-state index in [0.29, 0.717) is 11.7 Å². The van der Waals surface area contributed by atoms with Crippen molar-refractivity contribution in [2.75, 3.05) is 0 Å². The van der Waals surface area contributed by atoms with Crippen molar-refractivity contribution in [2.45, 2.75) is 130 Å². The first kappa shape index (κ1) is 30.9. The van der Waals surface area contributed by atoms with Crippen molar-refractivity contribution in [3.63, 3.8) is 0 Å². The Bertz CT molecular complexity index is 1020. The van der Waals surface area contributed by atoms with Gasteiger partial charge in [0.05, 0.1) is 0 Å². The molecule has 0 saturated carbocycles. The summed E-state index contributed by atoms with van der Waals surface area (Å²) in [5, 5.41) is 11.0. The van der Waals surface area contributed by atoms with E-state index < -0.39 is 0 Å². The molecule has 0 heterocycles. The Morgan fingerprint density at radius 1 is 0.757 bits per heavy atom. The largest absolute Gasteiger partial charge is 0.508 e. The minimum atomic E-state index is 0.0496. The number of hydrogen-bond donors (Lipinski definition) is 1. The zero-order valence-corrected chi connectivity index (χ0v) is 24.7. The van der Waals surface area contributed by atoms with Gasteiger partial charge in [0.2, 0.25) is 0 Å². The number of phenolic OH excluding ortho intramolecular Hbond substituents is 1. The molecule has 0 fully saturated rings. The zero-order valence-electron chi connectivity index (χ0n) is 24.7. The molecule has 2 aromatic carbocycles. The van der Waals surface area contributed by atoms with E-state index in [1.165, 1.54) is 16.7 Å². The number of aryl methyl sites for hydroxylation is 1. The van der Waals surface area contributed by atoms with Gasteiger partial charge >= 0.3 is 0 Å². The lowest BCUT2D eigenvalue weighted by molar-refractivity contribution is 0.104. The molecule has 2 heteroatoms. The van der Waals surface area contributed by atoms with Gasteiger partial charge in [-0.1, -0.05) is 92.0 Å². The third kappa shape index (κ3) is 7.82. The molecule has 0 radical (unpaired) electrons. The first-order chi connectivity index (χ1) is 17.9. The average Bonchev–Trinajstić information content (AvgIpc) is 2.92. The molecule has 0 saturated heterocycles. The standard InChI is InChI=1S/C35H52O2/c1-8-15-26(12-5)30-20-18-25(11-4)24-29(30)19-22-32(36)31-21-23-33(37)35(28(14-7)17-10-3)34(31)27(13-6)16-9-2/h18-24,26-28,37H,8-17H2,1-7H3/b22-19+. The molecule has 204 valence electrons. The molecule has 2 aromatic rings. The van der Waals surface area contributed by atoms with Crippen LogP contribution in [0.15, 0.2) is 36.4 Å². The molecule has 2 rings (SSSR count). The second-order valence-corrected chi connectivity index (χ2v) is 10.7. The Balaban J connectivity index is 2.64. The van der Waals surface area contributed by atoms with Gasteiger partial charge in [0, 0.05) is 11.1 Å². The quantitative estimate of drug-likeness (QED) is 0.182. The molecule has 0 bridgehead atoms. The minimum absolute atomic E-state index is 0.0496. The van der Waals surface area contributed by atoms with Crippen molar-refractivity contribution in [1.29, 1.82) is 0 Å². The maximum absolute atomic E-state index is 13.9. The van der Waals surface area contributed by atoms with E-state index >= 15 is 0 Å². The molecule has 0 aromatic heterocycles. The number of carbonyl (C=O) groups is 1. The molecule has 0 aliphatic rings. The zero-order chi connectivity index (χ0) is 27.4. The summed E-state index contributed by atoms with van der Waals surface area (Å²) in [6.07, 6.45) is 14.3. The van der Waals surface area contributed by atoms with Crippen molar-refractivity contribution in [3.8, 4) is 5.75 Å². The number of rotatable bonds is 16. The van der Waals surface area contributed by atoms with Crippen LogP contribution in [-0.4, -0.2) is 10.9 Å². The molecular formula is C35H52O2. The average molecular weight is 505 g/mol. The predicted molar refractivity (Wildman–Crippen MR) is 161 cm³/mol. The lowest BCUT2D eigenvalue weighted by atomic mass is 9.78. The summed E-state index contributed by atoms with van der Waals surface area (Å²) in [5.41, 5.74) is 6.71. The van der Waals surface area contributed by atoms with Gasteiger partial charge in [-0.05, 0) is 103 Å². The van der Waals surface area contributed by atoms with Crippen LogP contribution >= 0.6 is 0 Å². The van der Waals surface area contributed by atoms with Crippen molar-refractivity contribution in [3.05, 3.63) is 69.8 Å². The molecule has 0 spiro atoms. The molecule has 3 atom stereocenters. The van der Waals surface area contributed by atoms with Gasteiger partial charge in [0.1, 0.15) is 5.75 Å². The SMILES string of the molecule is CCCC(CC)c1ccc(CC)cc1/C=C/C(=O)c1ccc(O)c(C(CC)CCC)c1C(CC)CCC. The van der Waals surface area contributed by atoms with Crippen LogP contribution < -0.4 is 0 Å². The number of hydrogen-bond acceptors (Lipinski definition) is 2. The normalized spacial score (nSPS) is 14.1. The Morgan fingerprint density at radius 2 is 1.32 bits per heavy atom. The fourth-order valence-electron chi connectivity index (χ4n) is 6.05. The van der Waals surface area contributed by atoms with Crippen LogP contribution in [0, 0.1) is 0 Å². The van der Waals surface area contributed by atoms with E-state index in [2.05, 4.69) is 72.7 Å². The smallest absolute Gasteiger partial charge is 0.186 e. The lowest BCUT2D eigenvalue weighted by Crippen LogP contribution is -2.13. The van der Waals surface area contributed by atoms with E-state index in [4.69, 9.17) is 0 Å². The Hall–Kier alpha value is -2.35. The monoisotopic (exact) mass is 504 g/mol. The van der Waals surface area contributed by atoms with Crippen molar-refractivity contribution < 1.29 is 9.90 Å². The molecular weight excluding hydrogens is 452 g/mol. The lowest BCUT2D eigenvalue weighted by Gasteiger charge is -2.27. The Morgan fingerprint density at radius 3 is 1.86 bits per heavy atom. The molecule has 2 nitrogen and oxygen atoms in total.